The number of likely N-dealkylation sites (N-methyl/N-ethyl adjacent to an activating group) is 1. The summed E-state index contributed by atoms with van der Waals surface area (Å²) in [4.78, 5) is 14.0. The van der Waals surface area contributed by atoms with E-state index in [2.05, 4.69) is 4.90 Å². The lowest BCUT2D eigenvalue weighted by Crippen LogP contribution is -2.23. The standard InChI is InChI=1S/C15H21NO3/c1-4-19-12-7-5-11(6-8-12)13-9-16(2)10-14(13)15(17)18-3/h5-8,13-14H,4,9-10H2,1-3H3. The minimum absolute atomic E-state index is 0.0760. The molecule has 1 aromatic rings. The molecule has 2 atom stereocenters. The fourth-order valence-electron chi connectivity index (χ4n) is 2.71. The highest BCUT2D eigenvalue weighted by atomic mass is 16.5. The lowest BCUT2D eigenvalue weighted by atomic mass is 9.89. The number of esters is 1. The second-order valence-electron chi connectivity index (χ2n) is 4.96. The second kappa shape index (κ2) is 6.06. The number of rotatable bonds is 4. The van der Waals surface area contributed by atoms with E-state index in [1.807, 2.05) is 38.2 Å². The largest absolute Gasteiger partial charge is 0.494 e. The molecule has 0 aromatic heterocycles. The van der Waals surface area contributed by atoms with Crippen molar-refractivity contribution in [3.63, 3.8) is 0 Å². The molecule has 0 radical (unpaired) electrons. The van der Waals surface area contributed by atoms with Gasteiger partial charge in [-0.15, -0.1) is 0 Å². The van der Waals surface area contributed by atoms with E-state index in [9.17, 15) is 4.79 Å². The lowest BCUT2D eigenvalue weighted by molar-refractivity contribution is -0.145. The van der Waals surface area contributed by atoms with Crippen LogP contribution in [-0.2, 0) is 9.53 Å². The summed E-state index contributed by atoms with van der Waals surface area (Å²) >= 11 is 0. The molecule has 1 saturated heterocycles. The Morgan fingerprint density at radius 1 is 1.32 bits per heavy atom. The summed E-state index contributed by atoms with van der Waals surface area (Å²) < 4.78 is 10.3. The molecule has 0 N–H and O–H groups in total. The van der Waals surface area contributed by atoms with Gasteiger partial charge in [0.15, 0.2) is 0 Å². The van der Waals surface area contributed by atoms with Gasteiger partial charge in [-0.2, -0.15) is 0 Å². The van der Waals surface area contributed by atoms with Crippen molar-refractivity contribution in [3.05, 3.63) is 29.8 Å². The number of methoxy groups -OCH3 is 1. The molecule has 1 fully saturated rings. The van der Waals surface area contributed by atoms with Crippen LogP contribution in [0, 0.1) is 5.92 Å². The summed E-state index contributed by atoms with van der Waals surface area (Å²) in [5.41, 5.74) is 1.17. The van der Waals surface area contributed by atoms with Crippen molar-refractivity contribution < 1.29 is 14.3 Å². The molecule has 0 saturated carbocycles. The Morgan fingerprint density at radius 3 is 2.58 bits per heavy atom. The van der Waals surface area contributed by atoms with Gasteiger partial charge in [0, 0.05) is 19.0 Å². The van der Waals surface area contributed by atoms with Gasteiger partial charge >= 0.3 is 5.97 Å². The first-order valence-electron chi connectivity index (χ1n) is 6.64. The molecular weight excluding hydrogens is 242 g/mol. The quantitative estimate of drug-likeness (QED) is 0.778. The summed E-state index contributed by atoms with van der Waals surface area (Å²) in [5, 5.41) is 0. The maximum Gasteiger partial charge on any atom is 0.310 e. The predicted molar refractivity (Wildman–Crippen MR) is 73.4 cm³/mol. The number of hydrogen-bond acceptors (Lipinski definition) is 4. The van der Waals surface area contributed by atoms with Gasteiger partial charge in [0.05, 0.1) is 19.6 Å². The van der Waals surface area contributed by atoms with E-state index >= 15 is 0 Å². The first-order valence-corrected chi connectivity index (χ1v) is 6.64. The van der Waals surface area contributed by atoms with Crippen LogP contribution in [0.5, 0.6) is 5.75 Å². The second-order valence-corrected chi connectivity index (χ2v) is 4.96. The molecule has 0 amide bonds. The highest BCUT2D eigenvalue weighted by Gasteiger charge is 2.37. The Hall–Kier alpha value is -1.55. The highest BCUT2D eigenvalue weighted by molar-refractivity contribution is 5.74. The Balaban J connectivity index is 2.16. The summed E-state index contributed by atoms with van der Waals surface area (Å²) in [6.45, 7) is 4.27. The first kappa shape index (κ1) is 13.9. The van der Waals surface area contributed by atoms with E-state index in [1.165, 1.54) is 12.7 Å². The fraction of sp³-hybridized carbons (Fsp3) is 0.533. The maximum absolute atomic E-state index is 11.8. The van der Waals surface area contributed by atoms with E-state index in [4.69, 9.17) is 9.47 Å². The average molecular weight is 263 g/mol. The fourth-order valence-corrected chi connectivity index (χ4v) is 2.71. The van der Waals surface area contributed by atoms with Crippen LogP contribution in [0.25, 0.3) is 0 Å². The van der Waals surface area contributed by atoms with Crippen LogP contribution >= 0.6 is 0 Å². The Morgan fingerprint density at radius 2 is 2.00 bits per heavy atom. The van der Waals surface area contributed by atoms with Crippen LogP contribution in [0.15, 0.2) is 24.3 Å². The third-order valence-corrected chi connectivity index (χ3v) is 3.63. The average Bonchev–Trinajstić information content (AvgIpc) is 2.81. The molecule has 1 aliphatic rings. The summed E-state index contributed by atoms with van der Waals surface area (Å²) in [6.07, 6.45) is 0. The van der Waals surface area contributed by atoms with E-state index in [0.717, 1.165) is 18.8 Å². The Bertz CT molecular complexity index is 430. The van der Waals surface area contributed by atoms with Gasteiger partial charge in [-0.05, 0) is 31.7 Å². The number of carbonyl (C=O) groups is 1. The molecule has 1 aliphatic heterocycles. The topological polar surface area (TPSA) is 38.8 Å². The Labute approximate surface area is 114 Å². The molecule has 0 aliphatic carbocycles. The molecule has 2 rings (SSSR count). The van der Waals surface area contributed by atoms with Crippen molar-refractivity contribution in [1.82, 2.24) is 4.90 Å². The van der Waals surface area contributed by atoms with Gasteiger partial charge in [0.25, 0.3) is 0 Å². The van der Waals surface area contributed by atoms with E-state index in [0.29, 0.717) is 6.61 Å². The number of hydrogen-bond donors (Lipinski definition) is 0. The van der Waals surface area contributed by atoms with Crippen molar-refractivity contribution in [1.29, 1.82) is 0 Å². The zero-order valence-corrected chi connectivity index (χ0v) is 11.8. The van der Waals surface area contributed by atoms with Crippen molar-refractivity contribution in [2.24, 2.45) is 5.92 Å². The van der Waals surface area contributed by atoms with Gasteiger partial charge in [0.1, 0.15) is 5.75 Å². The molecule has 19 heavy (non-hydrogen) atoms. The molecule has 1 aromatic carbocycles. The zero-order valence-electron chi connectivity index (χ0n) is 11.8. The van der Waals surface area contributed by atoms with Crippen LogP contribution < -0.4 is 4.74 Å². The molecule has 4 nitrogen and oxygen atoms in total. The third-order valence-electron chi connectivity index (χ3n) is 3.63. The first-order chi connectivity index (χ1) is 9.15. The van der Waals surface area contributed by atoms with Gasteiger partial charge in [-0.3, -0.25) is 4.79 Å². The smallest absolute Gasteiger partial charge is 0.310 e. The number of carbonyl (C=O) groups excluding carboxylic acids is 1. The van der Waals surface area contributed by atoms with Gasteiger partial charge in [-0.25, -0.2) is 0 Å². The monoisotopic (exact) mass is 263 g/mol. The van der Waals surface area contributed by atoms with E-state index < -0.39 is 0 Å². The third kappa shape index (κ3) is 3.07. The van der Waals surface area contributed by atoms with Crippen LogP contribution in [0.2, 0.25) is 0 Å². The minimum Gasteiger partial charge on any atom is -0.494 e. The van der Waals surface area contributed by atoms with Crippen LogP contribution in [-0.4, -0.2) is 44.7 Å². The van der Waals surface area contributed by atoms with Crippen LogP contribution in [0.1, 0.15) is 18.4 Å². The van der Waals surface area contributed by atoms with Crippen molar-refractivity contribution in [3.8, 4) is 5.75 Å². The van der Waals surface area contributed by atoms with Crippen molar-refractivity contribution in [2.75, 3.05) is 33.9 Å². The minimum atomic E-state index is -0.122. The van der Waals surface area contributed by atoms with Gasteiger partial charge in [0.2, 0.25) is 0 Å². The van der Waals surface area contributed by atoms with Crippen LogP contribution in [0.4, 0.5) is 0 Å². The highest BCUT2D eigenvalue weighted by Crippen LogP contribution is 2.33. The normalized spacial score (nSPS) is 23.3. The summed E-state index contributed by atoms with van der Waals surface area (Å²) in [5.74, 6) is 0.872. The SMILES string of the molecule is CCOc1ccc(C2CN(C)CC2C(=O)OC)cc1. The molecule has 0 spiro atoms. The van der Waals surface area contributed by atoms with Gasteiger partial charge < -0.3 is 14.4 Å². The number of nitrogens with zero attached hydrogens (tertiary/aromatic N) is 1. The van der Waals surface area contributed by atoms with Crippen molar-refractivity contribution in [2.45, 2.75) is 12.8 Å². The Kier molecular flexibility index (Phi) is 4.43. The molecule has 4 heteroatoms. The zero-order chi connectivity index (χ0) is 13.8. The number of benzene rings is 1. The number of ether oxygens (including phenoxy) is 2. The summed E-state index contributed by atoms with van der Waals surface area (Å²) in [6, 6.07) is 8.02. The van der Waals surface area contributed by atoms with E-state index in [-0.39, 0.29) is 17.8 Å². The molecule has 0 bridgehead atoms. The lowest BCUT2D eigenvalue weighted by Gasteiger charge is -2.17. The molecule has 1 heterocycles. The van der Waals surface area contributed by atoms with Crippen molar-refractivity contribution >= 4 is 5.97 Å². The maximum atomic E-state index is 11.8. The summed E-state index contributed by atoms with van der Waals surface area (Å²) in [7, 11) is 3.49. The molecule has 104 valence electrons. The number of likely N-dealkylation sites (tertiary alicyclic amines) is 1. The molecular formula is C15H21NO3. The van der Waals surface area contributed by atoms with E-state index in [1.54, 1.807) is 0 Å². The predicted octanol–water partition coefficient (Wildman–Crippen LogP) is 1.90. The molecule has 2 unspecified atom stereocenters. The van der Waals surface area contributed by atoms with Crippen LogP contribution in [0.3, 0.4) is 0 Å². The van der Waals surface area contributed by atoms with Gasteiger partial charge in [-0.1, -0.05) is 12.1 Å².